The van der Waals surface area contributed by atoms with Gasteiger partial charge in [-0.25, -0.2) is 5.43 Å². The van der Waals surface area contributed by atoms with Gasteiger partial charge in [0.05, 0.1) is 11.1 Å². The van der Waals surface area contributed by atoms with Crippen LogP contribution in [0.1, 0.15) is 43.9 Å². The molecule has 3 N–H and O–H groups in total. The summed E-state index contributed by atoms with van der Waals surface area (Å²) in [5, 5.41) is 1.70. The number of nitrogens with two attached hydrogens (primary N) is 1. The molecule has 102 valence electrons. The molecule has 19 heavy (non-hydrogen) atoms. The lowest BCUT2D eigenvalue weighted by Crippen LogP contribution is -2.34. The Morgan fingerprint density at radius 3 is 2.74 bits per heavy atom. The van der Waals surface area contributed by atoms with Gasteiger partial charge in [-0.3, -0.25) is 5.84 Å². The Morgan fingerprint density at radius 2 is 2.05 bits per heavy atom. The van der Waals surface area contributed by atoms with Crippen LogP contribution in [0.4, 0.5) is 0 Å². The van der Waals surface area contributed by atoms with Gasteiger partial charge >= 0.3 is 0 Å². The minimum Gasteiger partial charge on any atom is -0.458 e. The van der Waals surface area contributed by atoms with Crippen molar-refractivity contribution in [1.29, 1.82) is 0 Å². The van der Waals surface area contributed by atoms with Crippen LogP contribution in [0, 0.1) is 5.92 Å². The quantitative estimate of drug-likeness (QED) is 0.654. The minimum atomic E-state index is 0.0868. The maximum Gasteiger partial charge on any atom is 0.152 e. The van der Waals surface area contributed by atoms with Crippen LogP contribution in [-0.2, 0) is 0 Å². The Morgan fingerprint density at radius 1 is 1.26 bits per heavy atom. The van der Waals surface area contributed by atoms with Gasteiger partial charge in [-0.05, 0) is 30.9 Å². The molecule has 3 nitrogen and oxygen atoms in total. The van der Waals surface area contributed by atoms with E-state index in [0.717, 1.165) is 16.7 Å². The van der Waals surface area contributed by atoms with Crippen LogP contribution in [0.15, 0.2) is 28.7 Å². The number of furan rings is 1. The van der Waals surface area contributed by atoms with E-state index in [2.05, 4.69) is 11.5 Å². The zero-order valence-corrected chi connectivity index (χ0v) is 11.6. The van der Waals surface area contributed by atoms with Crippen LogP contribution in [0.25, 0.3) is 11.0 Å². The van der Waals surface area contributed by atoms with Crippen molar-refractivity contribution in [1.82, 2.24) is 5.43 Å². The van der Waals surface area contributed by atoms with Gasteiger partial charge in [-0.15, -0.1) is 0 Å². The molecule has 1 fully saturated rings. The maximum absolute atomic E-state index is 6.16. The van der Waals surface area contributed by atoms with Crippen molar-refractivity contribution < 1.29 is 4.42 Å². The Balaban J connectivity index is 1.94. The predicted octanol–water partition coefficient (Wildman–Crippen LogP) is 4.17. The van der Waals surface area contributed by atoms with Gasteiger partial charge in [0, 0.05) is 5.39 Å². The molecule has 1 unspecified atom stereocenters. The summed E-state index contributed by atoms with van der Waals surface area (Å²) < 4.78 is 5.93. The first-order valence-electron chi connectivity index (χ1n) is 6.93. The molecule has 0 saturated heterocycles. The van der Waals surface area contributed by atoms with Gasteiger partial charge in [-0.2, -0.15) is 0 Å². The summed E-state index contributed by atoms with van der Waals surface area (Å²) in [4.78, 5) is 0. The van der Waals surface area contributed by atoms with Crippen LogP contribution in [0.3, 0.4) is 0 Å². The van der Waals surface area contributed by atoms with Crippen LogP contribution in [0.5, 0.6) is 0 Å². The van der Waals surface area contributed by atoms with Crippen LogP contribution in [-0.4, -0.2) is 0 Å². The van der Waals surface area contributed by atoms with Crippen molar-refractivity contribution in [2.24, 2.45) is 11.8 Å². The summed E-state index contributed by atoms with van der Waals surface area (Å²) in [6, 6.07) is 7.95. The molecule has 1 aromatic carbocycles. The van der Waals surface area contributed by atoms with Crippen LogP contribution < -0.4 is 11.3 Å². The number of rotatable bonds is 3. The highest BCUT2D eigenvalue weighted by atomic mass is 35.5. The van der Waals surface area contributed by atoms with E-state index in [1.165, 1.54) is 32.1 Å². The Kier molecular flexibility index (Phi) is 3.78. The highest BCUT2D eigenvalue weighted by Crippen LogP contribution is 2.37. The van der Waals surface area contributed by atoms with Crippen molar-refractivity contribution in [2.45, 2.75) is 38.1 Å². The second-order valence-electron chi connectivity index (χ2n) is 5.35. The van der Waals surface area contributed by atoms with Crippen molar-refractivity contribution >= 4 is 22.6 Å². The van der Waals surface area contributed by atoms with E-state index in [9.17, 15) is 0 Å². The van der Waals surface area contributed by atoms with Crippen molar-refractivity contribution in [2.75, 3.05) is 0 Å². The smallest absolute Gasteiger partial charge is 0.152 e. The Labute approximate surface area is 118 Å². The molecule has 1 aliphatic rings. The van der Waals surface area contributed by atoms with E-state index in [0.29, 0.717) is 10.9 Å². The molecule has 1 aromatic heterocycles. The number of nitrogens with one attached hydrogen (secondary N) is 1. The summed E-state index contributed by atoms with van der Waals surface area (Å²) in [7, 11) is 0. The molecule has 3 rings (SSSR count). The van der Waals surface area contributed by atoms with Gasteiger partial charge in [0.25, 0.3) is 0 Å². The molecular formula is C15H19ClN2O. The fraction of sp³-hybridized carbons (Fsp3) is 0.467. The monoisotopic (exact) mass is 278 g/mol. The zero-order valence-electron chi connectivity index (χ0n) is 10.9. The Hall–Kier alpha value is -1.03. The average Bonchev–Trinajstić information content (AvgIpc) is 2.86. The molecule has 1 saturated carbocycles. The van der Waals surface area contributed by atoms with Gasteiger partial charge in [0.2, 0.25) is 0 Å². The third-order valence-electron chi connectivity index (χ3n) is 4.12. The second kappa shape index (κ2) is 5.53. The lowest BCUT2D eigenvalue weighted by atomic mass is 9.83. The van der Waals surface area contributed by atoms with Crippen LogP contribution in [0.2, 0.25) is 5.02 Å². The highest BCUT2D eigenvalue weighted by Gasteiger charge is 2.27. The van der Waals surface area contributed by atoms with Gasteiger partial charge in [-0.1, -0.05) is 43.0 Å². The SMILES string of the molecule is NNC(c1cc2cccc(Cl)c2o1)C1CCCCC1. The first-order chi connectivity index (χ1) is 9.29. The minimum absolute atomic E-state index is 0.0868. The predicted molar refractivity (Wildman–Crippen MR) is 77.9 cm³/mol. The fourth-order valence-corrected chi connectivity index (χ4v) is 3.34. The first kappa shape index (κ1) is 13.0. The third kappa shape index (κ3) is 2.50. The van der Waals surface area contributed by atoms with Crippen molar-refractivity contribution in [3.63, 3.8) is 0 Å². The summed E-state index contributed by atoms with van der Waals surface area (Å²) >= 11 is 6.16. The number of hydrogen-bond donors (Lipinski definition) is 2. The van der Waals surface area contributed by atoms with Crippen LogP contribution >= 0.6 is 11.6 Å². The molecule has 0 spiro atoms. The standard InChI is InChI=1S/C15H19ClN2O/c16-12-8-4-7-11-9-13(19-15(11)12)14(18-17)10-5-2-1-3-6-10/h4,7-10,14,18H,1-3,5-6,17H2. The van der Waals surface area contributed by atoms with E-state index in [1.54, 1.807) is 0 Å². The number of benzene rings is 1. The van der Waals surface area contributed by atoms with Crippen molar-refractivity contribution in [3.8, 4) is 0 Å². The second-order valence-corrected chi connectivity index (χ2v) is 5.76. The highest BCUT2D eigenvalue weighted by molar-refractivity contribution is 6.34. The van der Waals surface area contributed by atoms with E-state index in [1.807, 2.05) is 18.2 Å². The van der Waals surface area contributed by atoms with E-state index in [-0.39, 0.29) is 6.04 Å². The van der Waals surface area contributed by atoms with Gasteiger partial charge in [0.15, 0.2) is 5.58 Å². The molecular weight excluding hydrogens is 260 g/mol. The zero-order chi connectivity index (χ0) is 13.2. The van der Waals surface area contributed by atoms with Crippen molar-refractivity contribution in [3.05, 3.63) is 35.0 Å². The molecule has 0 radical (unpaired) electrons. The molecule has 0 bridgehead atoms. The number of halogens is 1. The van der Waals surface area contributed by atoms with E-state index < -0.39 is 0 Å². The molecule has 2 aromatic rings. The maximum atomic E-state index is 6.16. The molecule has 1 heterocycles. The van der Waals surface area contributed by atoms with E-state index in [4.69, 9.17) is 21.9 Å². The summed E-state index contributed by atoms with van der Waals surface area (Å²) in [5.74, 6) is 7.21. The largest absolute Gasteiger partial charge is 0.458 e. The molecule has 4 heteroatoms. The topological polar surface area (TPSA) is 51.2 Å². The van der Waals surface area contributed by atoms with Gasteiger partial charge < -0.3 is 4.42 Å². The van der Waals surface area contributed by atoms with E-state index >= 15 is 0 Å². The average molecular weight is 279 g/mol. The summed E-state index contributed by atoms with van der Waals surface area (Å²) in [6.07, 6.45) is 6.31. The normalized spacial score (nSPS) is 18.8. The number of fused-ring (bicyclic) bond motifs is 1. The molecule has 0 amide bonds. The number of hydrazine groups is 1. The molecule has 1 atom stereocenters. The summed E-state index contributed by atoms with van der Waals surface area (Å²) in [5.41, 5.74) is 3.69. The third-order valence-corrected chi connectivity index (χ3v) is 4.42. The lowest BCUT2D eigenvalue weighted by molar-refractivity contribution is 0.249. The molecule has 0 aliphatic heterocycles. The Bertz CT molecular complexity index is 560. The summed E-state index contributed by atoms with van der Waals surface area (Å²) in [6.45, 7) is 0. The number of para-hydroxylation sites is 1. The molecule has 1 aliphatic carbocycles. The lowest BCUT2D eigenvalue weighted by Gasteiger charge is -2.28. The van der Waals surface area contributed by atoms with Gasteiger partial charge in [0.1, 0.15) is 5.76 Å². The fourth-order valence-electron chi connectivity index (χ4n) is 3.12. The number of hydrogen-bond acceptors (Lipinski definition) is 3. The first-order valence-corrected chi connectivity index (χ1v) is 7.31.